The predicted octanol–water partition coefficient (Wildman–Crippen LogP) is 1.15. The summed E-state index contributed by atoms with van der Waals surface area (Å²) in [6, 6.07) is 10.5. The Kier molecular flexibility index (Phi) is 5.78. The Bertz CT molecular complexity index is 680. The van der Waals surface area contributed by atoms with Crippen LogP contribution in [-0.2, 0) is 17.9 Å². The number of amides is 1. The standard InChI is InChI=1S/C18H25N5O2/c1-15-19-20-17(25-15)13-21(2)14-18(24)23-10-8-22(9-11-23)12-16-6-4-3-5-7-16/h3-7H,8-14H2,1-2H3. The lowest BCUT2D eigenvalue weighted by Crippen LogP contribution is -2.50. The number of piperazine rings is 1. The molecule has 2 heterocycles. The molecule has 0 N–H and O–H groups in total. The van der Waals surface area contributed by atoms with E-state index >= 15 is 0 Å². The highest BCUT2D eigenvalue weighted by atomic mass is 16.4. The zero-order valence-electron chi connectivity index (χ0n) is 14.9. The highest BCUT2D eigenvalue weighted by Crippen LogP contribution is 2.09. The number of hydrogen-bond acceptors (Lipinski definition) is 6. The molecule has 134 valence electrons. The number of carbonyl (C=O) groups excluding carboxylic acids is 1. The summed E-state index contributed by atoms with van der Waals surface area (Å²) < 4.78 is 5.36. The van der Waals surface area contributed by atoms with Crippen molar-refractivity contribution >= 4 is 5.91 Å². The van der Waals surface area contributed by atoms with Crippen molar-refractivity contribution in [2.24, 2.45) is 0 Å². The summed E-state index contributed by atoms with van der Waals surface area (Å²) in [6.45, 7) is 6.93. The molecule has 1 aromatic carbocycles. The molecule has 2 aromatic rings. The molecular weight excluding hydrogens is 318 g/mol. The lowest BCUT2D eigenvalue weighted by atomic mass is 10.2. The quantitative estimate of drug-likeness (QED) is 0.784. The number of aryl methyl sites for hydroxylation is 1. The molecule has 1 amide bonds. The van der Waals surface area contributed by atoms with Crippen LogP contribution in [0.5, 0.6) is 0 Å². The maximum Gasteiger partial charge on any atom is 0.236 e. The van der Waals surface area contributed by atoms with E-state index in [1.54, 1.807) is 6.92 Å². The maximum atomic E-state index is 12.5. The molecule has 0 unspecified atom stereocenters. The topological polar surface area (TPSA) is 65.7 Å². The van der Waals surface area contributed by atoms with E-state index in [9.17, 15) is 4.79 Å². The first-order chi connectivity index (χ1) is 12.1. The van der Waals surface area contributed by atoms with Gasteiger partial charge in [-0.2, -0.15) is 0 Å². The highest BCUT2D eigenvalue weighted by molar-refractivity contribution is 5.78. The highest BCUT2D eigenvalue weighted by Gasteiger charge is 2.22. The monoisotopic (exact) mass is 343 g/mol. The van der Waals surface area contributed by atoms with E-state index in [2.05, 4.69) is 39.4 Å². The van der Waals surface area contributed by atoms with Crippen molar-refractivity contribution in [1.29, 1.82) is 0 Å². The molecule has 3 rings (SSSR count). The third-order valence-electron chi connectivity index (χ3n) is 4.35. The van der Waals surface area contributed by atoms with E-state index in [4.69, 9.17) is 4.42 Å². The summed E-state index contributed by atoms with van der Waals surface area (Å²) in [4.78, 5) is 18.7. The molecule has 0 saturated carbocycles. The summed E-state index contributed by atoms with van der Waals surface area (Å²) in [6.07, 6.45) is 0. The lowest BCUT2D eigenvalue weighted by Gasteiger charge is -2.35. The number of nitrogens with zero attached hydrogens (tertiary/aromatic N) is 5. The second-order valence-corrected chi connectivity index (χ2v) is 6.53. The molecule has 1 saturated heterocycles. The fraction of sp³-hybridized carbons (Fsp3) is 0.500. The lowest BCUT2D eigenvalue weighted by molar-refractivity contribution is -0.134. The summed E-state index contributed by atoms with van der Waals surface area (Å²) in [5.74, 6) is 1.24. The Hall–Kier alpha value is -2.25. The van der Waals surface area contributed by atoms with E-state index in [1.165, 1.54) is 5.56 Å². The minimum absolute atomic E-state index is 0.151. The molecule has 0 bridgehead atoms. The molecule has 0 radical (unpaired) electrons. The fourth-order valence-electron chi connectivity index (χ4n) is 3.02. The Balaban J connectivity index is 1.42. The van der Waals surface area contributed by atoms with Gasteiger partial charge in [0, 0.05) is 39.6 Å². The van der Waals surface area contributed by atoms with Gasteiger partial charge in [-0.05, 0) is 12.6 Å². The molecule has 1 aliphatic rings. The molecule has 0 aliphatic carbocycles. The molecule has 25 heavy (non-hydrogen) atoms. The number of benzene rings is 1. The van der Waals surface area contributed by atoms with Gasteiger partial charge in [-0.3, -0.25) is 14.6 Å². The molecule has 0 atom stereocenters. The minimum Gasteiger partial charge on any atom is -0.424 e. The van der Waals surface area contributed by atoms with Crippen LogP contribution in [0, 0.1) is 6.92 Å². The van der Waals surface area contributed by atoms with Gasteiger partial charge in [0.15, 0.2) is 0 Å². The van der Waals surface area contributed by atoms with Gasteiger partial charge in [0.25, 0.3) is 0 Å². The fourth-order valence-corrected chi connectivity index (χ4v) is 3.02. The van der Waals surface area contributed by atoms with Crippen molar-refractivity contribution < 1.29 is 9.21 Å². The van der Waals surface area contributed by atoms with Crippen LogP contribution < -0.4 is 0 Å². The van der Waals surface area contributed by atoms with Gasteiger partial charge in [0.05, 0.1) is 13.1 Å². The van der Waals surface area contributed by atoms with Gasteiger partial charge in [0.1, 0.15) is 0 Å². The SMILES string of the molecule is Cc1nnc(CN(C)CC(=O)N2CCN(Cc3ccccc3)CC2)o1. The average Bonchev–Trinajstić information content (AvgIpc) is 3.01. The Morgan fingerprint density at radius 3 is 2.52 bits per heavy atom. The molecule has 1 aliphatic heterocycles. The number of hydrogen-bond donors (Lipinski definition) is 0. The van der Waals surface area contributed by atoms with E-state index in [0.29, 0.717) is 24.9 Å². The summed E-state index contributed by atoms with van der Waals surface area (Å²) >= 11 is 0. The van der Waals surface area contributed by atoms with Gasteiger partial charge >= 0.3 is 0 Å². The van der Waals surface area contributed by atoms with E-state index in [1.807, 2.05) is 22.9 Å². The first-order valence-corrected chi connectivity index (χ1v) is 8.62. The van der Waals surface area contributed by atoms with Gasteiger partial charge in [-0.15, -0.1) is 10.2 Å². The second-order valence-electron chi connectivity index (χ2n) is 6.53. The second kappa shape index (κ2) is 8.22. The predicted molar refractivity (Wildman–Crippen MR) is 93.7 cm³/mol. The van der Waals surface area contributed by atoms with Gasteiger partial charge < -0.3 is 9.32 Å². The van der Waals surface area contributed by atoms with Crippen molar-refractivity contribution in [3.05, 3.63) is 47.7 Å². The first kappa shape index (κ1) is 17.6. The zero-order valence-corrected chi connectivity index (χ0v) is 14.9. The van der Waals surface area contributed by atoms with E-state index in [0.717, 1.165) is 32.7 Å². The van der Waals surface area contributed by atoms with E-state index < -0.39 is 0 Å². The van der Waals surface area contributed by atoms with Crippen LogP contribution in [-0.4, -0.2) is 70.6 Å². The zero-order chi connectivity index (χ0) is 17.6. The molecule has 0 spiro atoms. The largest absolute Gasteiger partial charge is 0.424 e. The van der Waals surface area contributed by atoms with Crippen molar-refractivity contribution in [3.63, 3.8) is 0 Å². The minimum atomic E-state index is 0.151. The number of rotatable bonds is 6. The number of likely N-dealkylation sites (N-methyl/N-ethyl adjacent to an activating group) is 1. The Morgan fingerprint density at radius 2 is 1.88 bits per heavy atom. The molecule has 1 fully saturated rings. The summed E-state index contributed by atoms with van der Waals surface area (Å²) in [7, 11) is 1.89. The smallest absolute Gasteiger partial charge is 0.236 e. The molecule has 7 nitrogen and oxygen atoms in total. The van der Waals surface area contributed by atoms with Crippen LogP contribution >= 0.6 is 0 Å². The average molecular weight is 343 g/mol. The van der Waals surface area contributed by atoms with Crippen molar-refractivity contribution in [1.82, 2.24) is 24.9 Å². The van der Waals surface area contributed by atoms with Crippen molar-refractivity contribution in [2.45, 2.75) is 20.0 Å². The number of carbonyl (C=O) groups is 1. The van der Waals surface area contributed by atoms with Gasteiger partial charge in [-0.1, -0.05) is 30.3 Å². The van der Waals surface area contributed by atoms with Crippen LogP contribution in [0.15, 0.2) is 34.7 Å². The van der Waals surface area contributed by atoms with Crippen molar-refractivity contribution in [2.75, 3.05) is 39.8 Å². The molecule has 1 aromatic heterocycles. The van der Waals surface area contributed by atoms with Crippen LogP contribution in [0.3, 0.4) is 0 Å². The van der Waals surface area contributed by atoms with Gasteiger partial charge in [-0.25, -0.2) is 0 Å². The Labute approximate surface area is 148 Å². The third kappa shape index (κ3) is 5.11. The third-order valence-corrected chi connectivity index (χ3v) is 4.35. The van der Waals surface area contributed by atoms with Gasteiger partial charge in [0.2, 0.25) is 17.7 Å². The normalized spacial score (nSPS) is 15.7. The Morgan fingerprint density at radius 1 is 1.16 bits per heavy atom. The maximum absolute atomic E-state index is 12.5. The number of aromatic nitrogens is 2. The summed E-state index contributed by atoms with van der Waals surface area (Å²) in [5, 5.41) is 7.77. The van der Waals surface area contributed by atoms with Crippen molar-refractivity contribution in [3.8, 4) is 0 Å². The van der Waals surface area contributed by atoms with Crippen LogP contribution in [0.1, 0.15) is 17.3 Å². The molecular formula is C18H25N5O2. The molecule has 7 heteroatoms. The first-order valence-electron chi connectivity index (χ1n) is 8.62. The van der Waals surface area contributed by atoms with Crippen LogP contribution in [0.4, 0.5) is 0 Å². The van der Waals surface area contributed by atoms with E-state index in [-0.39, 0.29) is 5.91 Å². The summed E-state index contributed by atoms with van der Waals surface area (Å²) in [5.41, 5.74) is 1.32. The van der Waals surface area contributed by atoms with Crippen LogP contribution in [0.2, 0.25) is 0 Å². The van der Waals surface area contributed by atoms with Crippen LogP contribution in [0.25, 0.3) is 0 Å².